The number of likely N-dealkylation sites (tertiary alicyclic amines) is 1. The number of nitrogens with zero attached hydrogens (tertiary/aromatic N) is 1. The summed E-state index contributed by atoms with van der Waals surface area (Å²) in [6.07, 6.45) is 7.85. The van der Waals surface area contributed by atoms with E-state index < -0.39 is 11.6 Å². The van der Waals surface area contributed by atoms with Crippen LogP contribution in [0.2, 0.25) is 0 Å². The minimum absolute atomic E-state index is 0.0551. The molecular weight excluding hydrogens is 370 g/mol. The lowest BCUT2D eigenvalue weighted by Gasteiger charge is -2.37. The highest BCUT2D eigenvalue weighted by Gasteiger charge is 2.43. The van der Waals surface area contributed by atoms with Crippen LogP contribution in [0.1, 0.15) is 75.8 Å². The summed E-state index contributed by atoms with van der Waals surface area (Å²) in [7, 11) is 0. The van der Waals surface area contributed by atoms with Crippen molar-refractivity contribution in [1.29, 1.82) is 0 Å². The van der Waals surface area contributed by atoms with Gasteiger partial charge in [0.2, 0.25) is 5.91 Å². The number of carbonyl (C=O) groups is 3. The SMILES string of the molecule is CCCN1CC(=O)[C@@H](NC(=O)C2(NC(=O)c3ccco3)CCCCC2)CC[C@H]1C. The number of ketones is 1. The van der Waals surface area contributed by atoms with Crippen LogP contribution in [-0.4, -0.2) is 53.2 Å². The van der Waals surface area contributed by atoms with Crippen molar-refractivity contribution in [2.45, 2.75) is 82.8 Å². The van der Waals surface area contributed by atoms with E-state index >= 15 is 0 Å². The monoisotopic (exact) mass is 403 g/mol. The van der Waals surface area contributed by atoms with Gasteiger partial charge in [-0.15, -0.1) is 0 Å². The van der Waals surface area contributed by atoms with Crippen molar-refractivity contribution in [1.82, 2.24) is 15.5 Å². The molecule has 2 amide bonds. The number of hydrogen-bond donors (Lipinski definition) is 2. The first-order chi connectivity index (χ1) is 13.9. The van der Waals surface area contributed by atoms with Crippen LogP contribution in [0.3, 0.4) is 0 Å². The van der Waals surface area contributed by atoms with Gasteiger partial charge in [-0.25, -0.2) is 0 Å². The fourth-order valence-corrected chi connectivity index (χ4v) is 4.50. The maximum atomic E-state index is 13.3. The second kappa shape index (κ2) is 9.57. The quantitative estimate of drug-likeness (QED) is 0.762. The number of Topliss-reactive ketones (excluding diaryl/α,β-unsaturated/α-hetero) is 1. The van der Waals surface area contributed by atoms with Crippen molar-refractivity contribution in [3.8, 4) is 0 Å². The van der Waals surface area contributed by atoms with E-state index in [0.717, 1.165) is 38.6 Å². The van der Waals surface area contributed by atoms with E-state index in [1.165, 1.54) is 6.26 Å². The van der Waals surface area contributed by atoms with Gasteiger partial charge in [0.05, 0.1) is 18.8 Å². The fraction of sp³-hybridized carbons (Fsp3) is 0.682. The van der Waals surface area contributed by atoms with Crippen molar-refractivity contribution in [3.63, 3.8) is 0 Å². The number of amides is 2. The van der Waals surface area contributed by atoms with E-state index in [1.54, 1.807) is 12.1 Å². The van der Waals surface area contributed by atoms with E-state index in [4.69, 9.17) is 4.42 Å². The molecule has 2 atom stereocenters. The van der Waals surface area contributed by atoms with Crippen molar-refractivity contribution < 1.29 is 18.8 Å². The Morgan fingerprint density at radius 2 is 2.00 bits per heavy atom. The number of rotatable bonds is 6. The summed E-state index contributed by atoms with van der Waals surface area (Å²) in [5, 5.41) is 5.92. The van der Waals surface area contributed by atoms with E-state index in [0.29, 0.717) is 31.8 Å². The molecule has 7 nitrogen and oxygen atoms in total. The number of furan rings is 1. The molecule has 0 radical (unpaired) electrons. The Labute approximate surface area is 172 Å². The predicted octanol–water partition coefficient (Wildman–Crippen LogP) is 2.66. The maximum Gasteiger partial charge on any atom is 0.287 e. The molecule has 1 aromatic heterocycles. The van der Waals surface area contributed by atoms with Crippen LogP contribution in [0.25, 0.3) is 0 Å². The summed E-state index contributed by atoms with van der Waals surface area (Å²) < 4.78 is 5.19. The van der Waals surface area contributed by atoms with Crippen molar-refractivity contribution in [2.75, 3.05) is 13.1 Å². The first-order valence-electron chi connectivity index (χ1n) is 10.9. The van der Waals surface area contributed by atoms with Gasteiger partial charge in [-0.2, -0.15) is 0 Å². The standard InChI is InChI=1S/C22H33N3O4/c1-3-13-25-15-18(26)17(10-9-16(25)2)23-21(28)22(11-5-4-6-12-22)24-20(27)19-8-7-14-29-19/h7-8,14,16-17H,3-6,9-13,15H2,1-2H3,(H,23,28)(H,24,27)/t16-,17+/m1/s1. The van der Waals surface area contributed by atoms with Gasteiger partial charge in [-0.05, 0) is 57.7 Å². The third-order valence-electron chi connectivity index (χ3n) is 6.30. The van der Waals surface area contributed by atoms with Crippen LogP contribution in [0.4, 0.5) is 0 Å². The molecule has 2 N–H and O–H groups in total. The maximum absolute atomic E-state index is 13.3. The Morgan fingerprint density at radius 3 is 2.66 bits per heavy atom. The van der Waals surface area contributed by atoms with Crippen LogP contribution in [0.5, 0.6) is 0 Å². The Morgan fingerprint density at radius 1 is 1.24 bits per heavy atom. The number of nitrogens with one attached hydrogen (secondary N) is 2. The van der Waals surface area contributed by atoms with Gasteiger partial charge < -0.3 is 15.1 Å². The van der Waals surface area contributed by atoms with E-state index in [-0.39, 0.29) is 23.4 Å². The third-order valence-corrected chi connectivity index (χ3v) is 6.30. The zero-order valence-electron chi connectivity index (χ0n) is 17.5. The van der Waals surface area contributed by atoms with Crippen molar-refractivity contribution in [3.05, 3.63) is 24.2 Å². The zero-order valence-corrected chi connectivity index (χ0v) is 17.5. The molecule has 1 saturated heterocycles. The fourth-order valence-electron chi connectivity index (χ4n) is 4.50. The van der Waals surface area contributed by atoms with Gasteiger partial charge in [0, 0.05) is 6.04 Å². The molecular formula is C22H33N3O4. The smallest absolute Gasteiger partial charge is 0.287 e. The summed E-state index contributed by atoms with van der Waals surface area (Å²) in [5.41, 5.74) is -0.983. The van der Waals surface area contributed by atoms with Gasteiger partial charge in [0.1, 0.15) is 5.54 Å². The van der Waals surface area contributed by atoms with Crippen molar-refractivity contribution in [2.24, 2.45) is 0 Å². The molecule has 29 heavy (non-hydrogen) atoms. The molecule has 2 aliphatic rings. The summed E-state index contributed by atoms with van der Waals surface area (Å²) in [6, 6.07) is 3.06. The molecule has 1 aliphatic heterocycles. The molecule has 0 aromatic carbocycles. The van der Waals surface area contributed by atoms with Gasteiger partial charge >= 0.3 is 0 Å². The molecule has 3 rings (SSSR count). The highest BCUT2D eigenvalue weighted by Crippen LogP contribution is 2.29. The average Bonchev–Trinajstić information content (AvgIpc) is 3.22. The Kier molecular flexibility index (Phi) is 7.11. The highest BCUT2D eigenvalue weighted by molar-refractivity contribution is 5.99. The van der Waals surface area contributed by atoms with E-state index in [9.17, 15) is 14.4 Å². The summed E-state index contributed by atoms with van der Waals surface area (Å²) in [6.45, 7) is 5.50. The molecule has 2 heterocycles. The Balaban J connectivity index is 1.71. The van der Waals surface area contributed by atoms with Gasteiger partial charge in [-0.1, -0.05) is 26.2 Å². The van der Waals surface area contributed by atoms with E-state index in [2.05, 4.69) is 29.4 Å². The Bertz CT molecular complexity index is 710. The lowest BCUT2D eigenvalue weighted by molar-refractivity contribution is -0.133. The molecule has 0 spiro atoms. The summed E-state index contributed by atoms with van der Waals surface area (Å²) in [4.78, 5) is 40.9. The normalized spacial score (nSPS) is 25.2. The van der Waals surface area contributed by atoms with Crippen LogP contribution < -0.4 is 10.6 Å². The van der Waals surface area contributed by atoms with Gasteiger partial charge in [0.25, 0.3) is 5.91 Å². The third kappa shape index (κ3) is 5.07. The minimum Gasteiger partial charge on any atom is -0.459 e. The van der Waals surface area contributed by atoms with Crippen LogP contribution in [0, 0.1) is 0 Å². The zero-order chi connectivity index (χ0) is 20.9. The molecule has 2 fully saturated rings. The van der Waals surface area contributed by atoms with Crippen LogP contribution >= 0.6 is 0 Å². The molecule has 1 aromatic rings. The van der Waals surface area contributed by atoms with Gasteiger partial charge in [0.15, 0.2) is 11.5 Å². The molecule has 1 aliphatic carbocycles. The lowest BCUT2D eigenvalue weighted by Crippen LogP contribution is -2.62. The highest BCUT2D eigenvalue weighted by atomic mass is 16.3. The summed E-state index contributed by atoms with van der Waals surface area (Å²) >= 11 is 0. The van der Waals surface area contributed by atoms with Crippen LogP contribution in [0.15, 0.2) is 22.8 Å². The second-order valence-corrected chi connectivity index (χ2v) is 8.46. The van der Waals surface area contributed by atoms with Crippen molar-refractivity contribution >= 4 is 17.6 Å². The minimum atomic E-state index is -0.983. The lowest BCUT2D eigenvalue weighted by atomic mass is 9.80. The second-order valence-electron chi connectivity index (χ2n) is 8.46. The average molecular weight is 404 g/mol. The first-order valence-corrected chi connectivity index (χ1v) is 10.9. The molecule has 160 valence electrons. The molecule has 7 heteroatoms. The predicted molar refractivity (Wildman–Crippen MR) is 109 cm³/mol. The largest absolute Gasteiger partial charge is 0.459 e. The molecule has 1 saturated carbocycles. The van der Waals surface area contributed by atoms with Crippen LogP contribution in [-0.2, 0) is 9.59 Å². The summed E-state index contributed by atoms with van der Waals surface area (Å²) in [5.74, 6) is -0.383. The number of hydrogen-bond acceptors (Lipinski definition) is 5. The van der Waals surface area contributed by atoms with E-state index in [1.807, 2.05) is 0 Å². The molecule has 0 bridgehead atoms. The number of carbonyl (C=O) groups excluding carboxylic acids is 3. The Hall–Kier alpha value is -2.15. The molecule has 0 unspecified atom stereocenters. The van der Waals surface area contributed by atoms with Gasteiger partial charge in [-0.3, -0.25) is 19.3 Å². The topological polar surface area (TPSA) is 91.7 Å². The first kappa shape index (κ1) is 21.6.